The summed E-state index contributed by atoms with van der Waals surface area (Å²) < 4.78 is 2.25. The molecule has 4 aromatic rings. The summed E-state index contributed by atoms with van der Waals surface area (Å²) in [6.07, 6.45) is 3.10. The summed E-state index contributed by atoms with van der Waals surface area (Å²) in [4.78, 5) is 16.5. The van der Waals surface area contributed by atoms with Gasteiger partial charge in [0.2, 0.25) is 5.91 Å². The molecule has 0 unspecified atom stereocenters. The molecule has 0 spiro atoms. The van der Waals surface area contributed by atoms with E-state index < -0.39 is 0 Å². The molecule has 0 bridgehead atoms. The molecule has 1 fully saturated rings. The third-order valence-electron chi connectivity index (χ3n) is 5.44. The molecule has 5 nitrogen and oxygen atoms in total. The standard InChI is InChI=1S/C25H24N4OS2/c30-24(28(20-10-5-2-6-11-20)17-19-8-3-1-4-9-19)18-32-25-27-26-23(29(25)21-13-14-21)16-22-12-7-15-31-22/h1-12,15,21H,13-14,16-18H2. The van der Waals surface area contributed by atoms with Crippen LogP contribution in [-0.2, 0) is 17.8 Å². The average Bonchev–Trinajstić information content (AvgIpc) is 3.38. The highest BCUT2D eigenvalue weighted by Gasteiger charge is 2.30. The molecule has 1 saturated carbocycles. The molecule has 5 rings (SSSR count). The topological polar surface area (TPSA) is 51.0 Å². The fraction of sp³-hybridized carbons (Fsp3) is 0.240. The normalized spacial score (nSPS) is 13.2. The van der Waals surface area contributed by atoms with Crippen LogP contribution in [0.15, 0.2) is 83.3 Å². The maximum Gasteiger partial charge on any atom is 0.237 e. The van der Waals surface area contributed by atoms with E-state index in [2.05, 4.69) is 44.4 Å². The van der Waals surface area contributed by atoms with Crippen LogP contribution in [0.4, 0.5) is 5.69 Å². The van der Waals surface area contributed by atoms with Crippen LogP contribution in [0.1, 0.15) is 35.1 Å². The van der Waals surface area contributed by atoms with Crippen LogP contribution in [0.3, 0.4) is 0 Å². The van der Waals surface area contributed by atoms with Crippen molar-refractivity contribution < 1.29 is 4.79 Å². The number of carbonyl (C=O) groups excluding carboxylic acids is 1. The number of para-hydroxylation sites is 1. The second-order valence-corrected chi connectivity index (χ2v) is 9.82. The Morgan fingerprint density at radius 3 is 2.44 bits per heavy atom. The Bertz CT molecular complexity index is 1160. The van der Waals surface area contributed by atoms with Crippen molar-refractivity contribution in [2.24, 2.45) is 0 Å². The number of rotatable bonds is 9. The highest BCUT2D eigenvalue weighted by Crippen LogP contribution is 2.39. The molecular weight excluding hydrogens is 436 g/mol. The first-order valence-electron chi connectivity index (χ1n) is 10.8. The minimum absolute atomic E-state index is 0.0650. The zero-order valence-electron chi connectivity index (χ0n) is 17.6. The molecule has 0 radical (unpaired) electrons. The quantitative estimate of drug-likeness (QED) is 0.306. The summed E-state index contributed by atoms with van der Waals surface area (Å²) in [7, 11) is 0. The molecule has 1 aliphatic rings. The fourth-order valence-electron chi connectivity index (χ4n) is 3.70. The SMILES string of the molecule is O=C(CSc1nnc(Cc2cccs2)n1C1CC1)N(Cc1ccccc1)c1ccccc1. The number of hydrogen-bond acceptors (Lipinski definition) is 5. The van der Waals surface area contributed by atoms with Crippen molar-refractivity contribution in [3.63, 3.8) is 0 Å². The molecule has 0 aliphatic heterocycles. The molecule has 1 amide bonds. The molecule has 0 saturated heterocycles. The summed E-state index contributed by atoms with van der Waals surface area (Å²) in [6.45, 7) is 0.545. The lowest BCUT2D eigenvalue weighted by atomic mass is 10.2. The first-order valence-corrected chi connectivity index (χ1v) is 12.6. The predicted octanol–water partition coefficient (Wildman–Crippen LogP) is 5.59. The van der Waals surface area contributed by atoms with Gasteiger partial charge in [-0.05, 0) is 42.0 Å². The molecule has 162 valence electrons. The van der Waals surface area contributed by atoms with E-state index >= 15 is 0 Å². The minimum Gasteiger partial charge on any atom is -0.307 e. The maximum atomic E-state index is 13.3. The molecule has 32 heavy (non-hydrogen) atoms. The van der Waals surface area contributed by atoms with Gasteiger partial charge >= 0.3 is 0 Å². The van der Waals surface area contributed by atoms with Gasteiger partial charge in [0, 0.05) is 23.0 Å². The van der Waals surface area contributed by atoms with Gasteiger partial charge < -0.3 is 9.47 Å². The fourth-order valence-corrected chi connectivity index (χ4v) is 5.30. The summed E-state index contributed by atoms with van der Waals surface area (Å²) in [5.41, 5.74) is 2.01. The number of amides is 1. The first-order chi connectivity index (χ1) is 15.8. The van der Waals surface area contributed by atoms with Gasteiger partial charge in [-0.25, -0.2) is 0 Å². The zero-order valence-corrected chi connectivity index (χ0v) is 19.3. The molecule has 0 atom stereocenters. The van der Waals surface area contributed by atoms with E-state index in [9.17, 15) is 4.79 Å². The number of nitrogens with zero attached hydrogens (tertiary/aromatic N) is 4. The van der Waals surface area contributed by atoms with Crippen molar-refractivity contribution in [2.45, 2.75) is 37.0 Å². The maximum absolute atomic E-state index is 13.3. The van der Waals surface area contributed by atoms with Gasteiger partial charge in [-0.2, -0.15) is 0 Å². The van der Waals surface area contributed by atoms with E-state index in [0.29, 0.717) is 18.3 Å². The Balaban J connectivity index is 1.32. The zero-order chi connectivity index (χ0) is 21.8. The molecule has 7 heteroatoms. The summed E-state index contributed by atoms with van der Waals surface area (Å²) >= 11 is 3.23. The van der Waals surface area contributed by atoms with Crippen molar-refractivity contribution in [2.75, 3.05) is 10.7 Å². The van der Waals surface area contributed by atoms with Crippen LogP contribution in [-0.4, -0.2) is 26.4 Å². The largest absolute Gasteiger partial charge is 0.307 e. The van der Waals surface area contributed by atoms with Gasteiger partial charge in [0.1, 0.15) is 5.82 Å². The van der Waals surface area contributed by atoms with Crippen LogP contribution in [0.2, 0.25) is 0 Å². The number of benzene rings is 2. The summed E-state index contributed by atoms with van der Waals surface area (Å²) in [5.74, 6) is 1.38. The van der Waals surface area contributed by atoms with Gasteiger partial charge in [0.25, 0.3) is 0 Å². The second kappa shape index (κ2) is 9.71. The Morgan fingerprint density at radius 1 is 1.00 bits per heavy atom. The van der Waals surface area contributed by atoms with E-state index in [1.54, 1.807) is 11.3 Å². The van der Waals surface area contributed by atoms with E-state index in [0.717, 1.165) is 41.5 Å². The highest BCUT2D eigenvalue weighted by atomic mass is 32.2. The van der Waals surface area contributed by atoms with Gasteiger partial charge in [-0.1, -0.05) is 66.4 Å². The average molecular weight is 461 g/mol. The van der Waals surface area contributed by atoms with Crippen molar-refractivity contribution in [3.8, 4) is 0 Å². The summed E-state index contributed by atoms with van der Waals surface area (Å²) in [5, 5.41) is 11.9. The van der Waals surface area contributed by atoms with Gasteiger partial charge in [-0.3, -0.25) is 4.79 Å². The molecule has 0 N–H and O–H groups in total. The Morgan fingerprint density at radius 2 is 1.75 bits per heavy atom. The highest BCUT2D eigenvalue weighted by molar-refractivity contribution is 7.99. The van der Waals surface area contributed by atoms with E-state index in [-0.39, 0.29) is 5.91 Å². The number of aromatic nitrogens is 3. The van der Waals surface area contributed by atoms with Crippen LogP contribution in [0, 0.1) is 0 Å². The first kappa shape index (κ1) is 21.0. The molecule has 1 aliphatic carbocycles. The van der Waals surface area contributed by atoms with Gasteiger partial charge in [-0.15, -0.1) is 21.5 Å². The Hall–Kier alpha value is -2.90. The van der Waals surface area contributed by atoms with E-state index in [4.69, 9.17) is 0 Å². The number of hydrogen-bond donors (Lipinski definition) is 0. The van der Waals surface area contributed by atoms with Crippen LogP contribution < -0.4 is 4.90 Å². The van der Waals surface area contributed by atoms with Crippen molar-refractivity contribution >= 4 is 34.7 Å². The number of anilines is 1. The third-order valence-corrected chi connectivity index (χ3v) is 7.24. The monoisotopic (exact) mass is 460 g/mol. The smallest absolute Gasteiger partial charge is 0.237 e. The second-order valence-electron chi connectivity index (χ2n) is 7.85. The molecule has 2 aromatic carbocycles. The van der Waals surface area contributed by atoms with E-state index in [1.807, 2.05) is 53.4 Å². The lowest BCUT2D eigenvalue weighted by Gasteiger charge is -2.23. The van der Waals surface area contributed by atoms with Gasteiger partial charge in [0.05, 0.1) is 12.3 Å². The van der Waals surface area contributed by atoms with E-state index in [1.165, 1.54) is 16.6 Å². The Kier molecular flexibility index (Phi) is 6.36. The summed E-state index contributed by atoms with van der Waals surface area (Å²) in [6, 6.07) is 24.6. The minimum atomic E-state index is 0.0650. The van der Waals surface area contributed by atoms with Crippen LogP contribution >= 0.6 is 23.1 Å². The van der Waals surface area contributed by atoms with Crippen molar-refractivity contribution in [1.82, 2.24) is 14.8 Å². The number of carbonyl (C=O) groups is 1. The molecular formula is C25H24N4OS2. The Labute approximate surface area is 196 Å². The number of thioether (sulfide) groups is 1. The molecule has 2 heterocycles. The number of thiophene rings is 1. The van der Waals surface area contributed by atoms with Crippen LogP contribution in [0.25, 0.3) is 0 Å². The van der Waals surface area contributed by atoms with Gasteiger partial charge in [0.15, 0.2) is 5.16 Å². The van der Waals surface area contributed by atoms with Crippen molar-refractivity contribution in [3.05, 3.63) is 94.4 Å². The van der Waals surface area contributed by atoms with Crippen LogP contribution in [0.5, 0.6) is 0 Å². The lowest BCUT2D eigenvalue weighted by molar-refractivity contribution is -0.116. The lowest BCUT2D eigenvalue weighted by Crippen LogP contribution is -2.32. The predicted molar refractivity (Wildman–Crippen MR) is 130 cm³/mol. The van der Waals surface area contributed by atoms with Crippen molar-refractivity contribution in [1.29, 1.82) is 0 Å². The molecule has 2 aromatic heterocycles. The third kappa shape index (κ3) is 4.95.